The van der Waals surface area contributed by atoms with Crippen LogP contribution < -0.4 is 13.9 Å². The van der Waals surface area contributed by atoms with E-state index in [1.807, 2.05) is 0 Å². The van der Waals surface area contributed by atoms with E-state index >= 15 is 0 Å². The van der Waals surface area contributed by atoms with E-state index in [0.29, 0.717) is 24.5 Å². The first-order valence-corrected chi connectivity index (χ1v) is 10.7. The summed E-state index contributed by atoms with van der Waals surface area (Å²) in [7, 11) is -0.242. The number of ether oxygens (including phenoxy) is 1. The standard InChI is InChI=1S/C20H25N3O4S/c1-21-12-14-22(15-13-21)20(24)16-23(17-8-10-18(27-2)11-9-17)28(25,26)19-6-4-3-5-7-19/h3-11H,12-16H2,1-2H3/p+1. The summed E-state index contributed by atoms with van der Waals surface area (Å²) in [6.45, 7) is 2.75. The number of nitrogens with one attached hydrogen (secondary N) is 1. The van der Waals surface area contributed by atoms with Crippen molar-refractivity contribution in [2.24, 2.45) is 0 Å². The van der Waals surface area contributed by atoms with Crippen LogP contribution in [0.4, 0.5) is 5.69 Å². The van der Waals surface area contributed by atoms with Crippen molar-refractivity contribution in [3.8, 4) is 5.75 Å². The molecule has 8 heteroatoms. The van der Waals surface area contributed by atoms with Crippen LogP contribution in [0.3, 0.4) is 0 Å². The maximum absolute atomic E-state index is 13.3. The maximum Gasteiger partial charge on any atom is 0.264 e. The number of methoxy groups -OCH3 is 1. The number of amides is 1. The van der Waals surface area contributed by atoms with Crippen LogP contribution in [0, 0.1) is 0 Å². The highest BCUT2D eigenvalue weighted by Gasteiger charge is 2.30. The summed E-state index contributed by atoms with van der Waals surface area (Å²) in [6.07, 6.45) is 0. The van der Waals surface area contributed by atoms with Crippen LogP contribution >= 0.6 is 0 Å². The summed E-state index contributed by atoms with van der Waals surface area (Å²) in [4.78, 5) is 16.1. The first-order chi connectivity index (χ1) is 13.4. The fourth-order valence-corrected chi connectivity index (χ4v) is 4.58. The van der Waals surface area contributed by atoms with Crippen molar-refractivity contribution in [2.45, 2.75) is 4.90 Å². The second-order valence-corrected chi connectivity index (χ2v) is 8.72. The van der Waals surface area contributed by atoms with Crippen LogP contribution in [0.1, 0.15) is 0 Å². The Kier molecular flexibility index (Phi) is 6.21. The number of quaternary nitrogens is 1. The largest absolute Gasteiger partial charge is 0.497 e. The highest BCUT2D eigenvalue weighted by Crippen LogP contribution is 2.25. The number of anilines is 1. The molecule has 0 atom stereocenters. The summed E-state index contributed by atoms with van der Waals surface area (Å²) >= 11 is 0. The first kappa shape index (κ1) is 20.2. The molecule has 0 bridgehead atoms. The second-order valence-electron chi connectivity index (χ2n) is 6.86. The maximum atomic E-state index is 13.3. The molecule has 0 radical (unpaired) electrons. The van der Waals surface area contributed by atoms with Crippen molar-refractivity contribution in [3.63, 3.8) is 0 Å². The van der Waals surface area contributed by atoms with Crippen LogP contribution in [-0.2, 0) is 14.8 Å². The molecule has 1 heterocycles. The van der Waals surface area contributed by atoms with Gasteiger partial charge >= 0.3 is 0 Å². The lowest BCUT2D eigenvalue weighted by molar-refractivity contribution is -0.883. The number of rotatable bonds is 6. The molecule has 0 saturated carbocycles. The molecule has 0 aliphatic carbocycles. The van der Waals surface area contributed by atoms with Crippen LogP contribution in [0.5, 0.6) is 5.75 Å². The predicted molar refractivity (Wildman–Crippen MR) is 107 cm³/mol. The van der Waals surface area contributed by atoms with Gasteiger partial charge in [-0.15, -0.1) is 0 Å². The van der Waals surface area contributed by atoms with Crippen molar-refractivity contribution < 1.29 is 22.8 Å². The van der Waals surface area contributed by atoms with E-state index in [4.69, 9.17) is 4.74 Å². The molecule has 1 N–H and O–H groups in total. The molecule has 7 nitrogen and oxygen atoms in total. The van der Waals surface area contributed by atoms with Gasteiger partial charge in [0.05, 0.1) is 50.9 Å². The minimum Gasteiger partial charge on any atom is -0.497 e. The minimum absolute atomic E-state index is 0.154. The average molecular weight is 405 g/mol. The van der Waals surface area contributed by atoms with Gasteiger partial charge in [-0.1, -0.05) is 18.2 Å². The number of likely N-dealkylation sites (N-methyl/N-ethyl adjacent to an activating group) is 1. The smallest absolute Gasteiger partial charge is 0.264 e. The number of hydrogen-bond donors (Lipinski definition) is 1. The molecule has 0 spiro atoms. The van der Waals surface area contributed by atoms with Crippen LogP contribution in [0.15, 0.2) is 59.5 Å². The number of benzene rings is 2. The minimum atomic E-state index is -3.88. The molecule has 1 saturated heterocycles. The van der Waals surface area contributed by atoms with E-state index < -0.39 is 10.0 Å². The first-order valence-electron chi connectivity index (χ1n) is 9.23. The van der Waals surface area contributed by atoms with Crippen LogP contribution in [0.25, 0.3) is 0 Å². The molecule has 1 aliphatic heterocycles. The summed E-state index contributed by atoms with van der Waals surface area (Å²) in [5, 5.41) is 0. The molecule has 2 aromatic carbocycles. The van der Waals surface area contributed by atoms with E-state index in [1.54, 1.807) is 54.5 Å². The van der Waals surface area contributed by atoms with E-state index in [9.17, 15) is 13.2 Å². The number of carbonyl (C=O) groups excluding carboxylic acids is 1. The van der Waals surface area contributed by atoms with Crippen LogP contribution in [0.2, 0.25) is 0 Å². The van der Waals surface area contributed by atoms with Crippen molar-refractivity contribution in [1.29, 1.82) is 0 Å². The Balaban J connectivity index is 1.91. The molecular weight excluding hydrogens is 378 g/mol. The number of hydrogen-bond acceptors (Lipinski definition) is 4. The van der Waals surface area contributed by atoms with Gasteiger partial charge in [-0.3, -0.25) is 9.10 Å². The normalized spacial score (nSPS) is 15.3. The van der Waals surface area contributed by atoms with E-state index in [0.717, 1.165) is 13.1 Å². The fourth-order valence-electron chi connectivity index (χ4n) is 3.14. The van der Waals surface area contributed by atoms with Crippen molar-refractivity contribution >= 4 is 21.6 Å². The van der Waals surface area contributed by atoms with Crippen LogP contribution in [-0.4, -0.2) is 66.1 Å². The zero-order chi connectivity index (χ0) is 20.1. The summed E-state index contributed by atoms with van der Waals surface area (Å²) in [5.74, 6) is 0.428. The lowest BCUT2D eigenvalue weighted by Crippen LogP contribution is -3.12. The quantitative estimate of drug-likeness (QED) is 0.749. The predicted octanol–water partition coefficient (Wildman–Crippen LogP) is 0.247. The Hall–Kier alpha value is -2.58. The third kappa shape index (κ3) is 4.45. The molecule has 0 aromatic heterocycles. The van der Waals surface area contributed by atoms with Crippen molar-refractivity contribution in [1.82, 2.24) is 4.90 Å². The Morgan fingerprint density at radius 2 is 1.68 bits per heavy atom. The summed E-state index contributed by atoms with van der Waals surface area (Å²) in [6, 6.07) is 14.9. The SMILES string of the molecule is COc1ccc(N(CC(=O)N2CC[NH+](C)CC2)S(=O)(=O)c2ccccc2)cc1. The van der Waals surface area contributed by atoms with E-state index in [-0.39, 0.29) is 17.3 Å². The van der Waals surface area contributed by atoms with Gasteiger partial charge in [-0.2, -0.15) is 0 Å². The number of nitrogens with zero attached hydrogens (tertiary/aromatic N) is 2. The van der Waals surface area contributed by atoms with E-state index in [2.05, 4.69) is 7.05 Å². The van der Waals surface area contributed by atoms with Crippen molar-refractivity contribution in [3.05, 3.63) is 54.6 Å². The topological polar surface area (TPSA) is 71.4 Å². The number of sulfonamides is 1. The highest BCUT2D eigenvalue weighted by atomic mass is 32.2. The third-order valence-corrected chi connectivity index (χ3v) is 6.73. The molecule has 3 rings (SSSR count). The van der Waals surface area contributed by atoms with Gasteiger partial charge in [0.2, 0.25) is 5.91 Å². The fraction of sp³-hybridized carbons (Fsp3) is 0.350. The van der Waals surface area contributed by atoms with Gasteiger partial charge in [-0.25, -0.2) is 8.42 Å². The zero-order valence-corrected chi connectivity index (χ0v) is 17.0. The lowest BCUT2D eigenvalue weighted by atomic mass is 10.3. The van der Waals surface area contributed by atoms with E-state index in [1.165, 1.54) is 21.3 Å². The second kappa shape index (κ2) is 8.62. The zero-order valence-electron chi connectivity index (χ0n) is 16.2. The summed E-state index contributed by atoms with van der Waals surface area (Å²) in [5.41, 5.74) is 0.428. The average Bonchev–Trinajstić information content (AvgIpc) is 2.73. The number of carbonyl (C=O) groups is 1. The molecule has 2 aromatic rings. The van der Waals surface area contributed by atoms with Gasteiger partial charge < -0.3 is 14.5 Å². The molecule has 1 aliphatic rings. The Morgan fingerprint density at radius 1 is 1.07 bits per heavy atom. The third-order valence-electron chi connectivity index (χ3n) is 4.94. The molecular formula is C20H26N3O4S+. The molecule has 1 fully saturated rings. The Morgan fingerprint density at radius 3 is 2.25 bits per heavy atom. The molecule has 28 heavy (non-hydrogen) atoms. The molecule has 150 valence electrons. The molecule has 1 amide bonds. The van der Waals surface area contributed by atoms with Gasteiger partial charge in [0.15, 0.2) is 0 Å². The van der Waals surface area contributed by atoms with Gasteiger partial charge in [0.25, 0.3) is 10.0 Å². The molecule has 0 unspecified atom stereocenters. The highest BCUT2D eigenvalue weighted by molar-refractivity contribution is 7.92. The number of piperazine rings is 1. The van der Waals surface area contributed by atoms with Crippen molar-refractivity contribution in [2.75, 3.05) is 51.2 Å². The van der Waals surface area contributed by atoms with Gasteiger partial charge in [0.1, 0.15) is 12.3 Å². The lowest BCUT2D eigenvalue weighted by Gasteiger charge is -2.32. The Bertz CT molecular complexity index is 893. The van der Waals surface area contributed by atoms with Gasteiger partial charge in [0, 0.05) is 0 Å². The Labute approximate surface area is 166 Å². The van der Waals surface area contributed by atoms with Gasteiger partial charge in [-0.05, 0) is 36.4 Å². The summed E-state index contributed by atoms with van der Waals surface area (Å²) < 4.78 is 32.9. The monoisotopic (exact) mass is 404 g/mol.